The molecule has 11 heteroatoms. The number of ether oxygens (including phenoxy) is 1. The Hall–Kier alpha value is -2.50. The van der Waals surface area contributed by atoms with Crippen LogP contribution in [0.15, 0.2) is 29.1 Å². The molecule has 1 aliphatic heterocycles. The van der Waals surface area contributed by atoms with E-state index in [0.29, 0.717) is 30.4 Å². The molecule has 1 saturated heterocycles. The van der Waals surface area contributed by atoms with E-state index < -0.39 is 22.0 Å². The lowest BCUT2D eigenvalue weighted by Gasteiger charge is -2.22. The minimum atomic E-state index is -3.60. The van der Waals surface area contributed by atoms with Crippen LogP contribution in [0.3, 0.4) is 0 Å². The third kappa shape index (κ3) is 7.49. The molecule has 1 unspecified atom stereocenters. The number of piperidine rings is 1. The number of nitrogens with zero attached hydrogens (tertiary/aromatic N) is 3. The molecule has 0 amide bonds. The van der Waals surface area contributed by atoms with Gasteiger partial charge in [0.1, 0.15) is 11.9 Å². The first-order chi connectivity index (χ1) is 16.7. The fourth-order valence-electron chi connectivity index (χ4n) is 4.38. The van der Waals surface area contributed by atoms with E-state index in [9.17, 15) is 18.0 Å². The normalized spacial score (nSPS) is 15.7. The molecule has 3 rings (SSSR count). The molecule has 0 spiro atoms. The molecule has 0 saturated carbocycles. The molecular weight excluding hydrogens is 470 g/mol. The Morgan fingerprint density at radius 2 is 1.94 bits per heavy atom. The zero-order valence-electron chi connectivity index (χ0n) is 20.8. The molecule has 2 aromatic rings. The second-order valence-electron chi connectivity index (χ2n) is 9.11. The summed E-state index contributed by atoms with van der Waals surface area (Å²) in [6.45, 7) is 6.34. The Balaban J connectivity index is 1.71. The monoisotopic (exact) mass is 507 g/mol. The standard InChI is InChI=1S/C24H37N5O5S/c1-4-5-16-35(32,33)27-22(23(30)34-3)17-20-6-8-21(9-7-20)29-18(2)26-28(24(29)31)15-12-19-10-13-25-14-11-19/h6-9,19,22,25,27H,4-5,10-17H2,1-3H3. The molecule has 2 heterocycles. The Kier molecular flexibility index (Phi) is 9.64. The van der Waals surface area contributed by atoms with E-state index in [0.717, 1.165) is 44.3 Å². The van der Waals surface area contributed by atoms with Crippen LogP contribution in [-0.4, -0.2) is 60.7 Å². The van der Waals surface area contributed by atoms with Gasteiger partial charge < -0.3 is 10.1 Å². The van der Waals surface area contributed by atoms with E-state index in [1.165, 1.54) is 11.8 Å². The Morgan fingerprint density at radius 3 is 2.57 bits per heavy atom. The van der Waals surface area contributed by atoms with Crippen LogP contribution in [0.1, 0.15) is 50.4 Å². The number of carbonyl (C=O) groups excluding carboxylic acids is 1. The van der Waals surface area contributed by atoms with E-state index in [4.69, 9.17) is 4.74 Å². The Bertz CT molecular complexity index is 1130. The van der Waals surface area contributed by atoms with Gasteiger partial charge in [0.15, 0.2) is 0 Å². The Morgan fingerprint density at radius 1 is 1.26 bits per heavy atom. The van der Waals surface area contributed by atoms with Crippen molar-refractivity contribution in [2.24, 2.45) is 5.92 Å². The summed E-state index contributed by atoms with van der Waals surface area (Å²) in [5.41, 5.74) is 1.23. The summed E-state index contributed by atoms with van der Waals surface area (Å²) >= 11 is 0. The highest BCUT2D eigenvalue weighted by atomic mass is 32.2. The van der Waals surface area contributed by atoms with Crippen LogP contribution in [0.5, 0.6) is 0 Å². The van der Waals surface area contributed by atoms with Gasteiger partial charge in [0, 0.05) is 6.54 Å². The van der Waals surface area contributed by atoms with Gasteiger partial charge >= 0.3 is 11.7 Å². The zero-order valence-corrected chi connectivity index (χ0v) is 21.6. The SMILES string of the molecule is CCCCS(=O)(=O)NC(Cc1ccc(-n2c(C)nn(CCC3CCNCC3)c2=O)cc1)C(=O)OC. The number of benzene rings is 1. The highest BCUT2D eigenvalue weighted by molar-refractivity contribution is 7.89. The van der Waals surface area contributed by atoms with Crippen molar-refractivity contribution in [1.29, 1.82) is 0 Å². The van der Waals surface area contributed by atoms with Gasteiger partial charge in [-0.2, -0.15) is 5.10 Å². The van der Waals surface area contributed by atoms with Gasteiger partial charge in [-0.3, -0.25) is 4.79 Å². The van der Waals surface area contributed by atoms with Gasteiger partial charge in [0.25, 0.3) is 0 Å². The molecule has 1 aliphatic rings. The predicted octanol–water partition coefficient (Wildman–Crippen LogP) is 1.54. The van der Waals surface area contributed by atoms with E-state index in [-0.39, 0.29) is 17.9 Å². The fraction of sp³-hybridized carbons (Fsp3) is 0.625. The maximum Gasteiger partial charge on any atom is 0.350 e. The average Bonchev–Trinajstić information content (AvgIpc) is 3.14. The zero-order chi connectivity index (χ0) is 25.4. The van der Waals surface area contributed by atoms with Crippen molar-refractivity contribution >= 4 is 16.0 Å². The highest BCUT2D eigenvalue weighted by Crippen LogP contribution is 2.17. The molecule has 0 bridgehead atoms. The molecule has 2 N–H and O–H groups in total. The van der Waals surface area contributed by atoms with E-state index in [2.05, 4.69) is 15.1 Å². The quantitative estimate of drug-likeness (QED) is 0.418. The molecule has 1 atom stereocenters. The maximum atomic E-state index is 13.0. The van der Waals surface area contributed by atoms with Crippen LogP contribution in [-0.2, 0) is 32.5 Å². The molecule has 194 valence electrons. The van der Waals surface area contributed by atoms with E-state index >= 15 is 0 Å². The maximum absolute atomic E-state index is 13.0. The summed E-state index contributed by atoms with van der Waals surface area (Å²) in [5, 5.41) is 7.81. The topological polar surface area (TPSA) is 124 Å². The summed E-state index contributed by atoms with van der Waals surface area (Å²) in [4.78, 5) is 25.2. The molecule has 1 aromatic heterocycles. The van der Waals surface area contributed by atoms with E-state index in [1.54, 1.807) is 35.8 Å². The van der Waals surface area contributed by atoms with Crippen molar-refractivity contribution in [3.05, 3.63) is 46.1 Å². The van der Waals surface area contributed by atoms with Gasteiger partial charge in [-0.1, -0.05) is 25.5 Å². The summed E-state index contributed by atoms with van der Waals surface area (Å²) in [5.74, 6) is 0.523. The van der Waals surface area contributed by atoms with Crippen molar-refractivity contribution in [2.45, 2.75) is 65.0 Å². The summed E-state index contributed by atoms with van der Waals surface area (Å²) in [7, 11) is -2.37. The molecule has 0 aliphatic carbocycles. The van der Waals surface area contributed by atoms with Crippen molar-refractivity contribution < 1.29 is 17.9 Å². The molecule has 1 aromatic carbocycles. The lowest BCUT2D eigenvalue weighted by Crippen LogP contribution is -2.43. The van der Waals surface area contributed by atoms with Crippen LogP contribution in [0.2, 0.25) is 0 Å². The van der Waals surface area contributed by atoms with Crippen molar-refractivity contribution in [2.75, 3.05) is 26.0 Å². The minimum Gasteiger partial charge on any atom is -0.468 e. The average molecular weight is 508 g/mol. The number of esters is 1. The number of carbonyl (C=O) groups is 1. The van der Waals surface area contributed by atoms with Gasteiger partial charge in [-0.05, 0) is 75.7 Å². The van der Waals surface area contributed by atoms with Crippen LogP contribution in [0.4, 0.5) is 0 Å². The van der Waals surface area contributed by atoms with Gasteiger partial charge in [0.05, 0.1) is 18.6 Å². The smallest absolute Gasteiger partial charge is 0.350 e. The third-order valence-corrected chi connectivity index (χ3v) is 7.89. The van der Waals surface area contributed by atoms with Gasteiger partial charge in [-0.25, -0.2) is 27.2 Å². The first-order valence-electron chi connectivity index (χ1n) is 12.3. The van der Waals surface area contributed by atoms with E-state index in [1.807, 2.05) is 6.92 Å². The second-order valence-corrected chi connectivity index (χ2v) is 11.0. The number of sulfonamides is 1. The first kappa shape index (κ1) is 27.1. The predicted molar refractivity (Wildman–Crippen MR) is 134 cm³/mol. The number of aromatic nitrogens is 3. The molecule has 1 fully saturated rings. The second kappa shape index (κ2) is 12.5. The van der Waals surface area contributed by atoms with Crippen LogP contribution < -0.4 is 15.7 Å². The number of rotatable bonds is 12. The minimum absolute atomic E-state index is 0.0419. The molecule has 10 nitrogen and oxygen atoms in total. The third-order valence-electron chi connectivity index (χ3n) is 6.42. The number of nitrogens with one attached hydrogen (secondary N) is 2. The summed E-state index contributed by atoms with van der Waals surface area (Å²) in [6.07, 6.45) is 4.56. The summed E-state index contributed by atoms with van der Waals surface area (Å²) in [6, 6.07) is 6.11. The number of hydrogen-bond acceptors (Lipinski definition) is 7. The highest BCUT2D eigenvalue weighted by Gasteiger charge is 2.25. The molecular formula is C24H37N5O5S. The van der Waals surface area contributed by atoms with Crippen LogP contribution in [0, 0.1) is 12.8 Å². The van der Waals surface area contributed by atoms with Crippen LogP contribution in [0.25, 0.3) is 5.69 Å². The Labute approximate surface area is 207 Å². The van der Waals surface area contributed by atoms with Crippen LogP contribution >= 0.6 is 0 Å². The lowest BCUT2D eigenvalue weighted by molar-refractivity contribution is -0.142. The molecule has 0 radical (unpaired) electrons. The van der Waals surface area contributed by atoms with Crippen molar-refractivity contribution in [3.8, 4) is 5.69 Å². The van der Waals surface area contributed by atoms with Gasteiger partial charge in [-0.15, -0.1) is 0 Å². The van der Waals surface area contributed by atoms with Crippen molar-refractivity contribution in [1.82, 2.24) is 24.4 Å². The van der Waals surface area contributed by atoms with Crippen molar-refractivity contribution in [3.63, 3.8) is 0 Å². The largest absolute Gasteiger partial charge is 0.468 e. The first-order valence-corrected chi connectivity index (χ1v) is 13.9. The fourth-order valence-corrected chi connectivity index (χ4v) is 5.78. The number of methoxy groups -OCH3 is 1. The molecule has 35 heavy (non-hydrogen) atoms. The number of aryl methyl sites for hydroxylation is 2. The lowest BCUT2D eigenvalue weighted by atomic mass is 9.95. The number of hydrogen-bond donors (Lipinski definition) is 2. The summed E-state index contributed by atoms with van der Waals surface area (Å²) < 4.78 is 35.0. The van der Waals surface area contributed by atoms with Gasteiger partial charge in [0.2, 0.25) is 10.0 Å². The number of unbranched alkanes of at least 4 members (excludes halogenated alkanes) is 1.